The molecule has 0 unspecified atom stereocenters. The second-order valence-electron chi connectivity index (χ2n) is 12.4. The molecule has 3 saturated heterocycles. The number of hydrogen-bond donors (Lipinski definition) is 0. The van der Waals surface area contributed by atoms with Crippen LogP contribution in [0.3, 0.4) is 0 Å². The van der Waals surface area contributed by atoms with Crippen molar-refractivity contribution in [2.24, 2.45) is 0 Å². The summed E-state index contributed by atoms with van der Waals surface area (Å²) < 4.78 is 11.8. The minimum Gasteiger partial charge on any atom is -0.462 e. The van der Waals surface area contributed by atoms with E-state index in [9.17, 15) is 4.79 Å². The lowest BCUT2D eigenvalue weighted by Crippen LogP contribution is -2.58. The lowest BCUT2D eigenvalue weighted by atomic mass is 10.0. The quantitative estimate of drug-likeness (QED) is 0.209. The van der Waals surface area contributed by atoms with Crippen LogP contribution in [-0.2, 0) is 22.5 Å². The van der Waals surface area contributed by atoms with Crippen LogP contribution >= 0.6 is 11.6 Å². The maximum atomic E-state index is 13.2. The Labute approximate surface area is 269 Å². The predicted octanol–water partition coefficient (Wildman–Crippen LogP) is 4.21. The Morgan fingerprint density at radius 2 is 2.00 bits per heavy atom. The number of piperazine rings is 1. The molecule has 0 aliphatic carbocycles. The van der Waals surface area contributed by atoms with Crippen LogP contribution in [0, 0.1) is 6.57 Å². The number of rotatable bonds is 8. The number of aromatic nitrogens is 2. The number of amides is 1. The highest BCUT2D eigenvalue weighted by Crippen LogP contribution is 2.37. The first-order valence-corrected chi connectivity index (χ1v) is 16.1. The number of anilines is 2. The summed E-state index contributed by atoms with van der Waals surface area (Å²) in [6.45, 7) is 16.2. The summed E-state index contributed by atoms with van der Waals surface area (Å²) in [7, 11) is 2.13. The number of halogens is 1. The zero-order valence-electron chi connectivity index (χ0n) is 25.6. The van der Waals surface area contributed by atoms with Crippen molar-refractivity contribution in [3.05, 3.63) is 76.8 Å². The SMILES string of the molecule is [C-]#[N+]C[C@H]1CN(c2nc(OC[C@@H]3CCCN3C)nc3c2CCN(c2cccc4cccc(Cl)c24)C3)CCN1C(=O)[C@@H]1O[C@H]1C=C. The van der Waals surface area contributed by atoms with Gasteiger partial charge in [-0.3, -0.25) is 4.79 Å². The monoisotopic (exact) mass is 627 g/mol. The minimum atomic E-state index is -0.489. The van der Waals surface area contributed by atoms with Gasteiger partial charge in [0, 0.05) is 48.9 Å². The number of carbonyl (C=O) groups is 1. The van der Waals surface area contributed by atoms with Crippen molar-refractivity contribution in [1.29, 1.82) is 0 Å². The van der Waals surface area contributed by atoms with Crippen molar-refractivity contribution >= 4 is 39.8 Å². The average molecular weight is 628 g/mol. The lowest BCUT2D eigenvalue weighted by molar-refractivity contribution is -0.135. The van der Waals surface area contributed by atoms with E-state index < -0.39 is 6.10 Å². The van der Waals surface area contributed by atoms with Gasteiger partial charge in [-0.15, -0.1) is 6.58 Å². The molecule has 0 N–H and O–H groups in total. The van der Waals surface area contributed by atoms with Crippen molar-refractivity contribution in [2.45, 2.75) is 50.1 Å². The zero-order chi connectivity index (χ0) is 31.1. The third-order valence-electron chi connectivity index (χ3n) is 9.64. The number of epoxide rings is 1. The van der Waals surface area contributed by atoms with Crippen molar-refractivity contribution in [2.75, 3.05) is 62.7 Å². The normalized spacial score (nSPS) is 24.8. The molecule has 4 aliphatic rings. The van der Waals surface area contributed by atoms with Crippen LogP contribution in [0.5, 0.6) is 6.01 Å². The molecule has 1 amide bonds. The van der Waals surface area contributed by atoms with Crippen LogP contribution < -0.4 is 14.5 Å². The molecule has 4 aliphatic heterocycles. The molecule has 2 aromatic carbocycles. The summed E-state index contributed by atoms with van der Waals surface area (Å²) in [6, 6.07) is 12.7. The third-order valence-corrected chi connectivity index (χ3v) is 9.96. The van der Waals surface area contributed by atoms with E-state index >= 15 is 0 Å². The number of hydrogen-bond acceptors (Lipinski definition) is 8. The van der Waals surface area contributed by atoms with E-state index in [1.165, 1.54) is 0 Å². The van der Waals surface area contributed by atoms with E-state index in [2.05, 4.69) is 57.4 Å². The number of carbonyl (C=O) groups excluding carboxylic acids is 1. The summed E-state index contributed by atoms with van der Waals surface area (Å²) in [4.78, 5) is 35.6. The Morgan fingerprint density at radius 3 is 2.76 bits per heavy atom. The highest BCUT2D eigenvalue weighted by molar-refractivity contribution is 6.36. The fourth-order valence-corrected chi connectivity index (χ4v) is 7.36. The summed E-state index contributed by atoms with van der Waals surface area (Å²) in [5.41, 5.74) is 3.12. The molecule has 4 atom stereocenters. The Hall–Kier alpha value is -3.91. The topological polar surface area (TPSA) is 81.9 Å². The van der Waals surface area contributed by atoms with Crippen molar-refractivity contribution in [3.63, 3.8) is 0 Å². The summed E-state index contributed by atoms with van der Waals surface area (Å²) >= 11 is 6.72. The molecule has 234 valence electrons. The van der Waals surface area contributed by atoms with Gasteiger partial charge in [0.2, 0.25) is 6.54 Å². The van der Waals surface area contributed by atoms with Crippen molar-refractivity contribution in [3.8, 4) is 6.01 Å². The van der Waals surface area contributed by atoms with Gasteiger partial charge >= 0.3 is 6.01 Å². The molecule has 0 bridgehead atoms. The summed E-state index contributed by atoms with van der Waals surface area (Å²) in [5.74, 6) is 0.783. The van der Waals surface area contributed by atoms with E-state index in [-0.39, 0.29) is 24.6 Å². The minimum absolute atomic E-state index is 0.0630. The fraction of sp³-hybridized carbons (Fsp3) is 0.471. The van der Waals surface area contributed by atoms with Gasteiger partial charge in [0.15, 0.2) is 6.10 Å². The zero-order valence-corrected chi connectivity index (χ0v) is 26.3. The molecule has 0 radical (unpaired) electrons. The molecule has 3 aromatic rings. The van der Waals surface area contributed by atoms with Gasteiger partial charge in [0.05, 0.1) is 17.3 Å². The van der Waals surface area contributed by atoms with Gasteiger partial charge in [-0.25, -0.2) is 6.57 Å². The van der Waals surface area contributed by atoms with Crippen LogP contribution in [0.4, 0.5) is 11.5 Å². The first kappa shape index (κ1) is 29.8. The highest BCUT2D eigenvalue weighted by atomic mass is 35.5. The van der Waals surface area contributed by atoms with Crippen LogP contribution in [0.15, 0.2) is 49.1 Å². The van der Waals surface area contributed by atoms with Crippen molar-refractivity contribution < 1.29 is 14.3 Å². The molecular formula is C34H38ClN7O3. The molecule has 1 aromatic heterocycles. The van der Waals surface area contributed by atoms with E-state index in [0.717, 1.165) is 70.9 Å². The first-order chi connectivity index (χ1) is 21.9. The van der Waals surface area contributed by atoms with Crippen molar-refractivity contribution in [1.82, 2.24) is 19.8 Å². The maximum Gasteiger partial charge on any atom is 0.318 e. The Balaban J connectivity index is 1.19. The van der Waals surface area contributed by atoms with E-state index in [1.54, 1.807) is 6.08 Å². The van der Waals surface area contributed by atoms with Crippen LogP contribution in [0.1, 0.15) is 24.1 Å². The molecule has 0 spiro atoms. The molecular weight excluding hydrogens is 590 g/mol. The Morgan fingerprint density at radius 1 is 1.16 bits per heavy atom. The second kappa shape index (κ2) is 12.5. The molecule has 11 heteroatoms. The molecule has 10 nitrogen and oxygen atoms in total. The molecule has 3 fully saturated rings. The van der Waals surface area contributed by atoms with E-state index in [1.807, 2.05) is 17.0 Å². The molecule has 5 heterocycles. The van der Waals surface area contributed by atoms with Crippen LogP contribution in [-0.4, -0.2) is 103 Å². The Kier molecular flexibility index (Phi) is 8.25. The average Bonchev–Trinajstić information content (AvgIpc) is 3.74. The van der Waals surface area contributed by atoms with Gasteiger partial charge in [-0.1, -0.05) is 41.9 Å². The molecule has 45 heavy (non-hydrogen) atoms. The highest BCUT2D eigenvalue weighted by Gasteiger charge is 2.48. The van der Waals surface area contributed by atoms with Gasteiger partial charge < -0.3 is 33.9 Å². The largest absolute Gasteiger partial charge is 0.462 e. The maximum absolute atomic E-state index is 13.2. The van der Waals surface area contributed by atoms with E-state index in [4.69, 9.17) is 37.6 Å². The van der Waals surface area contributed by atoms with Gasteiger partial charge in [-0.2, -0.15) is 9.97 Å². The third kappa shape index (κ3) is 5.81. The van der Waals surface area contributed by atoms with Crippen LogP contribution in [0.2, 0.25) is 5.02 Å². The molecule has 0 saturated carbocycles. The van der Waals surface area contributed by atoms with E-state index in [0.29, 0.717) is 44.8 Å². The van der Waals surface area contributed by atoms with Crippen LogP contribution in [0.25, 0.3) is 15.6 Å². The smallest absolute Gasteiger partial charge is 0.318 e. The number of likely N-dealkylation sites (N-methyl/N-ethyl adjacent to an activating group) is 1. The second-order valence-corrected chi connectivity index (χ2v) is 12.8. The van der Waals surface area contributed by atoms with Gasteiger partial charge in [-0.05, 0) is 50.4 Å². The summed E-state index contributed by atoms with van der Waals surface area (Å²) in [6.07, 6.45) is 3.94. The molecule has 7 rings (SSSR count). The number of ether oxygens (including phenoxy) is 2. The Bertz CT molecular complexity index is 1660. The first-order valence-electron chi connectivity index (χ1n) is 15.8. The predicted molar refractivity (Wildman–Crippen MR) is 175 cm³/mol. The number of benzene rings is 2. The fourth-order valence-electron chi connectivity index (χ4n) is 7.09. The number of nitrogens with zero attached hydrogens (tertiary/aromatic N) is 7. The van der Waals surface area contributed by atoms with Gasteiger partial charge in [0.25, 0.3) is 5.91 Å². The summed E-state index contributed by atoms with van der Waals surface area (Å²) in [5, 5.41) is 2.88. The van der Waals surface area contributed by atoms with Gasteiger partial charge in [0.1, 0.15) is 24.6 Å². The number of fused-ring (bicyclic) bond motifs is 2. The standard InChI is InChI=1S/C34H38ClN7O3/c1-4-29-31(45-29)33(43)42-17-16-41(19-24(42)18-36-2)32-25-13-15-40(28-12-6-9-22-8-5-11-26(35)30(22)28)20-27(25)37-34(38-32)44-21-23-10-7-14-39(23)3/h4-6,8-9,11-12,23-24,29,31H,1,7,10,13-21H2,3H3/t23-,24-,29-,31+/m0/s1. The lowest BCUT2D eigenvalue weighted by Gasteiger charge is -2.41. The number of likely N-dealkylation sites (tertiary alicyclic amines) is 1.